The molecule has 3 aliphatic rings. The fraction of sp³-hybridized carbons (Fsp3) is 1.00. The van der Waals surface area contributed by atoms with Crippen LogP contribution in [0.15, 0.2) is 0 Å². The normalized spacial score (nSPS) is 39.3. The first-order chi connectivity index (χ1) is 9.28. The molecule has 4 heteroatoms. The zero-order chi connectivity index (χ0) is 13.2. The Labute approximate surface area is 117 Å². The first-order valence-corrected chi connectivity index (χ1v) is 8.08. The number of aliphatic hydroxyl groups excluding tert-OH is 1. The first-order valence-electron chi connectivity index (χ1n) is 8.08. The van der Waals surface area contributed by atoms with Crippen molar-refractivity contribution in [1.29, 1.82) is 0 Å². The summed E-state index contributed by atoms with van der Waals surface area (Å²) in [4.78, 5) is 5.17. The smallest absolute Gasteiger partial charge is 0.0558 e. The van der Waals surface area contributed by atoms with Crippen LogP contribution in [-0.2, 0) is 0 Å². The Morgan fingerprint density at radius 3 is 2.53 bits per heavy atom. The predicted molar refractivity (Wildman–Crippen MR) is 77.3 cm³/mol. The zero-order valence-corrected chi connectivity index (χ0v) is 12.2. The van der Waals surface area contributed by atoms with Gasteiger partial charge in [-0.3, -0.25) is 4.90 Å². The molecule has 3 unspecified atom stereocenters. The van der Waals surface area contributed by atoms with Crippen molar-refractivity contribution in [3.8, 4) is 0 Å². The fourth-order valence-corrected chi connectivity index (χ4v) is 4.43. The molecule has 0 aromatic rings. The van der Waals surface area contributed by atoms with Gasteiger partial charge < -0.3 is 15.3 Å². The largest absolute Gasteiger partial charge is 0.395 e. The molecule has 3 aliphatic heterocycles. The van der Waals surface area contributed by atoms with Gasteiger partial charge >= 0.3 is 0 Å². The molecule has 3 atom stereocenters. The summed E-state index contributed by atoms with van der Waals surface area (Å²) in [6.45, 7) is 3.46. The molecule has 19 heavy (non-hydrogen) atoms. The van der Waals surface area contributed by atoms with Crippen LogP contribution in [-0.4, -0.2) is 72.4 Å². The van der Waals surface area contributed by atoms with Gasteiger partial charge in [-0.05, 0) is 52.1 Å². The molecule has 2 N–H and O–H groups in total. The predicted octanol–water partition coefficient (Wildman–Crippen LogP) is 0.658. The topological polar surface area (TPSA) is 38.7 Å². The lowest BCUT2D eigenvalue weighted by atomic mass is 9.96. The van der Waals surface area contributed by atoms with Crippen LogP contribution in [0.4, 0.5) is 0 Å². The molecule has 0 saturated carbocycles. The van der Waals surface area contributed by atoms with Gasteiger partial charge in [-0.2, -0.15) is 0 Å². The molecule has 0 amide bonds. The van der Waals surface area contributed by atoms with Crippen molar-refractivity contribution in [2.75, 3.05) is 33.3 Å². The molecular weight excluding hydrogens is 238 g/mol. The summed E-state index contributed by atoms with van der Waals surface area (Å²) < 4.78 is 0. The van der Waals surface area contributed by atoms with Gasteiger partial charge in [-0.1, -0.05) is 0 Å². The fourth-order valence-electron chi connectivity index (χ4n) is 4.43. The molecule has 4 nitrogen and oxygen atoms in total. The van der Waals surface area contributed by atoms with E-state index in [1.807, 2.05) is 0 Å². The Balaban J connectivity index is 1.60. The summed E-state index contributed by atoms with van der Waals surface area (Å²) >= 11 is 0. The Hall–Kier alpha value is -0.160. The van der Waals surface area contributed by atoms with Crippen molar-refractivity contribution >= 4 is 0 Å². The molecule has 110 valence electrons. The van der Waals surface area contributed by atoms with Crippen LogP contribution in [0.1, 0.15) is 38.5 Å². The number of piperidine rings is 1. The molecule has 2 bridgehead atoms. The van der Waals surface area contributed by atoms with Crippen LogP contribution in [0.25, 0.3) is 0 Å². The monoisotopic (exact) mass is 267 g/mol. The van der Waals surface area contributed by atoms with Gasteiger partial charge in [-0.25, -0.2) is 0 Å². The van der Waals surface area contributed by atoms with E-state index >= 15 is 0 Å². The maximum Gasteiger partial charge on any atom is 0.0558 e. The van der Waals surface area contributed by atoms with Gasteiger partial charge in [0, 0.05) is 37.3 Å². The van der Waals surface area contributed by atoms with E-state index in [9.17, 15) is 5.11 Å². The lowest BCUT2D eigenvalue weighted by Gasteiger charge is -2.42. The van der Waals surface area contributed by atoms with E-state index in [0.717, 1.165) is 25.2 Å². The molecule has 3 rings (SSSR count). The van der Waals surface area contributed by atoms with E-state index in [0.29, 0.717) is 18.7 Å². The molecule has 3 heterocycles. The number of aliphatic hydroxyl groups is 1. The molecule has 3 fully saturated rings. The van der Waals surface area contributed by atoms with E-state index < -0.39 is 0 Å². The van der Waals surface area contributed by atoms with E-state index in [2.05, 4.69) is 22.2 Å². The van der Waals surface area contributed by atoms with Crippen LogP contribution < -0.4 is 5.32 Å². The number of hydrogen-bond donors (Lipinski definition) is 2. The van der Waals surface area contributed by atoms with Crippen LogP contribution in [0.3, 0.4) is 0 Å². The molecular formula is C15H29N3O. The maximum absolute atomic E-state index is 9.37. The second-order valence-corrected chi connectivity index (χ2v) is 6.69. The van der Waals surface area contributed by atoms with Crippen LogP contribution in [0, 0.1) is 0 Å². The minimum Gasteiger partial charge on any atom is -0.395 e. The highest BCUT2D eigenvalue weighted by molar-refractivity contribution is 4.97. The molecule has 0 radical (unpaired) electrons. The maximum atomic E-state index is 9.37. The Kier molecular flexibility index (Phi) is 4.42. The molecule has 0 spiro atoms. The van der Waals surface area contributed by atoms with Gasteiger partial charge in [0.1, 0.15) is 0 Å². The first kappa shape index (κ1) is 13.8. The average Bonchev–Trinajstić information content (AvgIpc) is 2.95. The molecule has 0 aliphatic carbocycles. The number of nitrogens with zero attached hydrogens (tertiary/aromatic N) is 2. The van der Waals surface area contributed by atoms with Crippen LogP contribution in [0.2, 0.25) is 0 Å². The van der Waals surface area contributed by atoms with Gasteiger partial charge in [0.2, 0.25) is 0 Å². The summed E-state index contributed by atoms with van der Waals surface area (Å²) in [6.07, 6.45) is 8.00. The summed E-state index contributed by atoms with van der Waals surface area (Å²) in [6, 6.07) is 2.94. The molecule has 3 saturated heterocycles. The summed E-state index contributed by atoms with van der Waals surface area (Å²) in [5.74, 6) is 0. The van der Waals surface area contributed by atoms with Crippen molar-refractivity contribution in [1.82, 2.24) is 15.1 Å². The van der Waals surface area contributed by atoms with E-state index in [4.69, 9.17) is 0 Å². The third kappa shape index (κ3) is 2.97. The van der Waals surface area contributed by atoms with Gasteiger partial charge in [0.25, 0.3) is 0 Å². The minimum atomic E-state index is 0.300. The third-order valence-electron chi connectivity index (χ3n) is 5.59. The zero-order valence-electron chi connectivity index (χ0n) is 12.2. The number of hydrogen-bond acceptors (Lipinski definition) is 4. The molecule has 0 aromatic heterocycles. The Morgan fingerprint density at radius 1 is 1.21 bits per heavy atom. The van der Waals surface area contributed by atoms with E-state index in [1.54, 1.807) is 0 Å². The van der Waals surface area contributed by atoms with Crippen molar-refractivity contribution in [3.63, 3.8) is 0 Å². The summed E-state index contributed by atoms with van der Waals surface area (Å²) in [5, 5.41) is 13.0. The highest BCUT2D eigenvalue weighted by Crippen LogP contribution is 2.36. The lowest BCUT2D eigenvalue weighted by molar-refractivity contribution is 0.0590. The van der Waals surface area contributed by atoms with Crippen molar-refractivity contribution in [3.05, 3.63) is 0 Å². The van der Waals surface area contributed by atoms with Gasteiger partial charge in [0.05, 0.1) is 6.61 Å². The summed E-state index contributed by atoms with van der Waals surface area (Å²) in [7, 11) is 2.30. The van der Waals surface area contributed by atoms with Crippen LogP contribution >= 0.6 is 0 Å². The SMILES string of the molecule is CN1C2CCC1CC(N(CCO)CC1CCCN1)C2. The number of fused-ring (bicyclic) bond motifs is 2. The number of nitrogens with one attached hydrogen (secondary N) is 1. The summed E-state index contributed by atoms with van der Waals surface area (Å²) in [5.41, 5.74) is 0. The minimum absolute atomic E-state index is 0.300. The van der Waals surface area contributed by atoms with E-state index in [1.165, 1.54) is 45.1 Å². The van der Waals surface area contributed by atoms with E-state index in [-0.39, 0.29) is 0 Å². The average molecular weight is 267 g/mol. The lowest BCUT2D eigenvalue weighted by Crippen LogP contribution is -2.52. The third-order valence-corrected chi connectivity index (χ3v) is 5.59. The second kappa shape index (κ2) is 6.08. The Bertz CT molecular complexity index is 279. The van der Waals surface area contributed by atoms with Crippen LogP contribution in [0.5, 0.6) is 0 Å². The van der Waals surface area contributed by atoms with Crippen molar-refractivity contribution < 1.29 is 5.11 Å². The molecule has 0 aromatic carbocycles. The highest BCUT2D eigenvalue weighted by Gasteiger charge is 2.40. The highest BCUT2D eigenvalue weighted by atomic mass is 16.3. The van der Waals surface area contributed by atoms with Crippen molar-refractivity contribution in [2.24, 2.45) is 0 Å². The standard InChI is InChI=1S/C15H29N3O/c1-17-13-4-5-14(17)10-15(9-13)18(7-8-19)11-12-3-2-6-16-12/h12-16,19H,2-11H2,1H3. The quantitative estimate of drug-likeness (QED) is 0.767. The number of rotatable bonds is 5. The Morgan fingerprint density at radius 2 is 1.95 bits per heavy atom. The van der Waals surface area contributed by atoms with Gasteiger partial charge in [0.15, 0.2) is 0 Å². The second-order valence-electron chi connectivity index (χ2n) is 6.69. The van der Waals surface area contributed by atoms with Gasteiger partial charge in [-0.15, -0.1) is 0 Å². The van der Waals surface area contributed by atoms with Crippen molar-refractivity contribution in [2.45, 2.75) is 62.7 Å².